The third-order valence-corrected chi connectivity index (χ3v) is 4.00. The number of likely N-dealkylation sites (N-methyl/N-ethyl adjacent to an activating group) is 1. The number of hydrogen-bond donors (Lipinski definition) is 1. The minimum atomic E-state index is 0.109. The summed E-state index contributed by atoms with van der Waals surface area (Å²) in [5.41, 5.74) is 0.909. The van der Waals surface area contributed by atoms with Gasteiger partial charge in [0.05, 0.1) is 6.54 Å². The Labute approximate surface area is 129 Å². The van der Waals surface area contributed by atoms with Gasteiger partial charge in [-0.2, -0.15) is 0 Å². The Morgan fingerprint density at radius 3 is 2.70 bits per heavy atom. The molecule has 0 atom stereocenters. The topological polar surface area (TPSA) is 35.6 Å². The van der Waals surface area contributed by atoms with Gasteiger partial charge in [0, 0.05) is 49.8 Å². The first-order valence-electron chi connectivity index (χ1n) is 6.67. The van der Waals surface area contributed by atoms with E-state index in [0.717, 1.165) is 31.7 Å². The molecule has 1 amide bonds. The summed E-state index contributed by atoms with van der Waals surface area (Å²) in [4.78, 5) is 16.1. The van der Waals surface area contributed by atoms with E-state index in [-0.39, 0.29) is 5.91 Å². The fourth-order valence-electron chi connectivity index (χ4n) is 2.17. The van der Waals surface area contributed by atoms with Crippen LogP contribution in [0.25, 0.3) is 0 Å². The number of nitrogens with zero attached hydrogens (tertiary/aromatic N) is 2. The molecule has 0 unspecified atom stereocenters. The summed E-state index contributed by atoms with van der Waals surface area (Å²) < 4.78 is 0. The molecule has 1 aromatic rings. The standard InChI is InChI=1S/C14H19Cl2N3O/c1-18(9-11-2-3-12(15)8-13(11)16)14(20)10-19-6-4-17-5-7-19/h2-3,8,17H,4-7,9-10H2,1H3. The second-order valence-corrected chi connectivity index (χ2v) is 5.86. The van der Waals surface area contributed by atoms with Crippen LogP contribution in [0.5, 0.6) is 0 Å². The van der Waals surface area contributed by atoms with Crippen LogP contribution in [0.15, 0.2) is 18.2 Å². The van der Waals surface area contributed by atoms with Crippen LogP contribution in [-0.2, 0) is 11.3 Å². The molecular weight excluding hydrogens is 297 g/mol. The van der Waals surface area contributed by atoms with Gasteiger partial charge in [-0.3, -0.25) is 9.69 Å². The van der Waals surface area contributed by atoms with E-state index in [9.17, 15) is 4.79 Å². The third kappa shape index (κ3) is 4.35. The number of nitrogens with one attached hydrogen (secondary N) is 1. The van der Waals surface area contributed by atoms with E-state index >= 15 is 0 Å². The lowest BCUT2D eigenvalue weighted by atomic mass is 10.2. The number of piperazine rings is 1. The Bertz CT molecular complexity index is 475. The molecule has 1 fully saturated rings. The highest BCUT2D eigenvalue weighted by Gasteiger charge is 2.17. The maximum absolute atomic E-state index is 12.2. The van der Waals surface area contributed by atoms with Crippen molar-refractivity contribution in [3.05, 3.63) is 33.8 Å². The van der Waals surface area contributed by atoms with Crippen molar-refractivity contribution in [1.82, 2.24) is 15.1 Å². The first kappa shape index (κ1) is 15.6. The van der Waals surface area contributed by atoms with Gasteiger partial charge in [-0.05, 0) is 17.7 Å². The number of halogens is 2. The summed E-state index contributed by atoms with van der Waals surface area (Å²) in [6.07, 6.45) is 0. The monoisotopic (exact) mass is 315 g/mol. The predicted octanol–water partition coefficient (Wildman–Crippen LogP) is 1.86. The molecule has 2 rings (SSSR count). The second kappa shape index (κ2) is 7.27. The maximum atomic E-state index is 12.2. The van der Waals surface area contributed by atoms with Gasteiger partial charge in [0.25, 0.3) is 0 Å². The smallest absolute Gasteiger partial charge is 0.236 e. The van der Waals surface area contributed by atoms with Crippen molar-refractivity contribution in [2.45, 2.75) is 6.54 Å². The number of hydrogen-bond acceptors (Lipinski definition) is 3. The average molecular weight is 316 g/mol. The van der Waals surface area contributed by atoms with Crippen LogP contribution in [0, 0.1) is 0 Å². The van der Waals surface area contributed by atoms with Gasteiger partial charge in [-0.15, -0.1) is 0 Å². The van der Waals surface area contributed by atoms with Crippen molar-refractivity contribution < 1.29 is 4.79 Å². The zero-order valence-corrected chi connectivity index (χ0v) is 13.0. The molecule has 1 saturated heterocycles. The number of rotatable bonds is 4. The number of benzene rings is 1. The second-order valence-electron chi connectivity index (χ2n) is 5.01. The minimum absolute atomic E-state index is 0.109. The van der Waals surface area contributed by atoms with Gasteiger partial charge in [-0.1, -0.05) is 29.3 Å². The normalized spacial score (nSPS) is 16.1. The van der Waals surface area contributed by atoms with E-state index in [1.54, 1.807) is 24.1 Å². The van der Waals surface area contributed by atoms with E-state index in [2.05, 4.69) is 10.2 Å². The first-order valence-corrected chi connectivity index (χ1v) is 7.43. The third-order valence-electron chi connectivity index (χ3n) is 3.42. The highest BCUT2D eigenvalue weighted by molar-refractivity contribution is 6.35. The summed E-state index contributed by atoms with van der Waals surface area (Å²) in [6.45, 7) is 4.69. The molecule has 20 heavy (non-hydrogen) atoms. The van der Waals surface area contributed by atoms with Crippen molar-refractivity contribution in [1.29, 1.82) is 0 Å². The maximum Gasteiger partial charge on any atom is 0.236 e. The van der Waals surface area contributed by atoms with Crippen LogP contribution >= 0.6 is 23.2 Å². The van der Waals surface area contributed by atoms with E-state index in [1.165, 1.54) is 0 Å². The van der Waals surface area contributed by atoms with E-state index < -0.39 is 0 Å². The Morgan fingerprint density at radius 2 is 2.05 bits per heavy atom. The summed E-state index contributed by atoms with van der Waals surface area (Å²) in [7, 11) is 1.80. The van der Waals surface area contributed by atoms with Crippen LogP contribution in [0.4, 0.5) is 0 Å². The molecule has 6 heteroatoms. The number of carbonyl (C=O) groups excluding carboxylic acids is 1. The molecule has 0 saturated carbocycles. The van der Waals surface area contributed by atoms with Gasteiger partial charge in [0.2, 0.25) is 5.91 Å². The summed E-state index contributed by atoms with van der Waals surface area (Å²) >= 11 is 12.0. The van der Waals surface area contributed by atoms with E-state index in [0.29, 0.717) is 23.1 Å². The number of carbonyl (C=O) groups is 1. The van der Waals surface area contributed by atoms with Gasteiger partial charge in [-0.25, -0.2) is 0 Å². The molecular formula is C14H19Cl2N3O. The van der Waals surface area contributed by atoms with Gasteiger partial charge >= 0.3 is 0 Å². The first-order chi connectivity index (χ1) is 9.56. The molecule has 0 radical (unpaired) electrons. The van der Waals surface area contributed by atoms with Gasteiger partial charge in [0.1, 0.15) is 0 Å². The molecule has 1 aliphatic rings. The van der Waals surface area contributed by atoms with Crippen LogP contribution in [0.1, 0.15) is 5.56 Å². The quantitative estimate of drug-likeness (QED) is 0.921. The average Bonchev–Trinajstić information content (AvgIpc) is 2.43. The van der Waals surface area contributed by atoms with Crippen molar-refractivity contribution in [3.8, 4) is 0 Å². The molecule has 0 spiro atoms. The number of amides is 1. The lowest BCUT2D eigenvalue weighted by molar-refractivity contribution is -0.131. The highest BCUT2D eigenvalue weighted by atomic mass is 35.5. The van der Waals surface area contributed by atoms with Crippen molar-refractivity contribution >= 4 is 29.1 Å². The molecule has 0 aromatic heterocycles. The van der Waals surface area contributed by atoms with Gasteiger partial charge < -0.3 is 10.2 Å². The summed E-state index contributed by atoms with van der Waals surface area (Å²) in [6, 6.07) is 5.35. The SMILES string of the molecule is CN(Cc1ccc(Cl)cc1Cl)C(=O)CN1CCNCC1. The van der Waals surface area contributed by atoms with Crippen LogP contribution < -0.4 is 5.32 Å². The molecule has 0 bridgehead atoms. The fraction of sp³-hybridized carbons (Fsp3) is 0.500. The van der Waals surface area contributed by atoms with Crippen LogP contribution in [0.3, 0.4) is 0 Å². The molecule has 0 aliphatic carbocycles. The van der Waals surface area contributed by atoms with Crippen molar-refractivity contribution in [3.63, 3.8) is 0 Å². The van der Waals surface area contributed by atoms with Crippen molar-refractivity contribution in [2.75, 3.05) is 39.8 Å². The molecule has 110 valence electrons. The lowest BCUT2D eigenvalue weighted by Crippen LogP contribution is -2.47. The predicted molar refractivity (Wildman–Crippen MR) is 82.2 cm³/mol. The van der Waals surface area contributed by atoms with Crippen LogP contribution in [-0.4, -0.2) is 55.5 Å². The van der Waals surface area contributed by atoms with Crippen LogP contribution in [0.2, 0.25) is 10.0 Å². The van der Waals surface area contributed by atoms with E-state index in [4.69, 9.17) is 23.2 Å². The lowest BCUT2D eigenvalue weighted by Gasteiger charge is -2.28. The Kier molecular flexibility index (Phi) is 5.66. The zero-order chi connectivity index (χ0) is 14.5. The fourth-order valence-corrected chi connectivity index (χ4v) is 2.64. The molecule has 1 N–H and O–H groups in total. The molecule has 1 aliphatic heterocycles. The molecule has 1 aromatic carbocycles. The largest absolute Gasteiger partial charge is 0.340 e. The molecule has 1 heterocycles. The Balaban J connectivity index is 1.89. The van der Waals surface area contributed by atoms with Crippen molar-refractivity contribution in [2.24, 2.45) is 0 Å². The Morgan fingerprint density at radius 1 is 1.35 bits per heavy atom. The highest BCUT2D eigenvalue weighted by Crippen LogP contribution is 2.22. The Hall–Kier alpha value is -0.810. The summed E-state index contributed by atoms with van der Waals surface area (Å²) in [5.74, 6) is 0.109. The summed E-state index contributed by atoms with van der Waals surface area (Å²) in [5, 5.41) is 4.47. The van der Waals surface area contributed by atoms with Gasteiger partial charge in [0.15, 0.2) is 0 Å². The zero-order valence-electron chi connectivity index (χ0n) is 11.5. The minimum Gasteiger partial charge on any atom is -0.340 e. The van der Waals surface area contributed by atoms with E-state index in [1.807, 2.05) is 6.07 Å². The molecule has 4 nitrogen and oxygen atoms in total.